The molecule has 0 radical (unpaired) electrons. The highest BCUT2D eigenvalue weighted by Gasteiger charge is 2.45. The summed E-state index contributed by atoms with van der Waals surface area (Å²) in [5, 5.41) is 14.3. The van der Waals surface area contributed by atoms with Crippen LogP contribution in [-0.4, -0.2) is 42.1 Å². The Morgan fingerprint density at radius 2 is 1.77 bits per heavy atom. The quantitative estimate of drug-likeness (QED) is 0.800. The fourth-order valence-electron chi connectivity index (χ4n) is 4.19. The molecule has 0 aromatic heterocycles. The summed E-state index contributed by atoms with van der Waals surface area (Å²) >= 11 is 0. The lowest BCUT2D eigenvalue weighted by Crippen LogP contribution is -2.50. The lowest BCUT2D eigenvalue weighted by atomic mass is 9.73. The van der Waals surface area contributed by atoms with Gasteiger partial charge in [0.2, 0.25) is 0 Å². The zero-order chi connectivity index (χ0) is 18.2. The molecule has 26 heavy (non-hydrogen) atoms. The van der Waals surface area contributed by atoms with E-state index in [1.807, 2.05) is 30.3 Å². The molecule has 1 aromatic carbocycles. The van der Waals surface area contributed by atoms with E-state index in [9.17, 15) is 9.90 Å². The van der Waals surface area contributed by atoms with E-state index in [2.05, 4.69) is 22.1 Å². The van der Waals surface area contributed by atoms with Gasteiger partial charge in [-0.25, -0.2) is 0 Å². The van der Waals surface area contributed by atoms with Crippen molar-refractivity contribution in [1.82, 2.24) is 10.2 Å². The third-order valence-electron chi connectivity index (χ3n) is 5.72. The summed E-state index contributed by atoms with van der Waals surface area (Å²) in [6.07, 6.45) is 7.61. The summed E-state index contributed by atoms with van der Waals surface area (Å²) in [7, 11) is 0. The normalized spacial score (nSPS) is 20.8. The van der Waals surface area contributed by atoms with Crippen molar-refractivity contribution in [2.75, 3.05) is 26.2 Å². The number of hydrogen-bond acceptors (Lipinski definition) is 3. The number of aliphatic hydroxyl groups is 1. The van der Waals surface area contributed by atoms with Crippen LogP contribution in [0.25, 0.3) is 0 Å². The van der Waals surface area contributed by atoms with Crippen molar-refractivity contribution in [2.24, 2.45) is 5.92 Å². The second kappa shape index (κ2) is 9.21. The van der Waals surface area contributed by atoms with Crippen LogP contribution in [0.1, 0.15) is 50.5 Å². The number of carbonyl (C=O) groups excluding carboxylic acids is 1. The lowest BCUT2D eigenvalue weighted by Gasteiger charge is -2.37. The predicted molar refractivity (Wildman–Crippen MR) is 103 cm³/mol. The van der Waals surface area contributed by atoms with E-state index in [1.165, 1.54) is 19.3 Å². The van der Waals surface area contributed by atoms with Gasteiger partial charge in [-0.15, -0.1) is 0 Å². The van der Waals surface area contributed by atoms with E-state index in [0.717, 1.165) is 45.3 Å². The summed E-state index contributed by atoms with van der Waals surface area (Å²) in [6.45, 7) is 3.29. The summed E-state index contributed by atoms with van der Waals surface area (Å²) < 4.78 is 0. The number of likely N-dealkylation sites (tertiary alicyclic amines) is 1. The topological polar surface area (TPSA) is 52.6 Å². The molecule has 1 aliphatic carbocycles. The molecule has 1 saturated carbocycles. The average Bonchev–Trinajstić information content (AvgIpc) is 3.22. The Kier molecular flexibility index (Phi) is 6.71. The molecule has 1 amide bonds. The molecule has 2 N–H and O–H groups in total. The Balaban J connectivity index is 1.64. The maximum atomic E-state index is 12.9. The Hall–Kier alpha value is -1.83. The maximum absolute atomic E-state index is 12.9. The van der Waals surface area contributed by atoms with Crippen molar-refractivity contribution in [3.05, 3.63) is 35.9 Å². The van der Waals surface area contributed by atoms with Crippen molar-refractivity contribution in [3.8, 4) is 11.8 Å². The van der Waals surface area contributed by atoms with E-state index in [4.69, 9.17) is 0 Å². The van der Waals surface area contributed by atoms with Gasteiger partial charge in [-0.1, -0.05) is 61.4 Å². The molecular weight excluding hydrogens is 324 g/mol. The summed E-state index contributed by atoms with van der Waals surface area (Å²) in [6, 6.07) is 9.38. The van der Waals surface area contributed by atoms with Gasteiger partial charge < -0.3 is 10.4 Å². The van der Waals surface area contributed by atoms with Gasteiger partial charge >= 0.3 is 0 Å². The molecule has 1 aliphatic heterocycles. The smallest absolute Gasteiger partial charge is 0.257 e. The Bertz CT molecular complexity index is 637. The molecule has 1 saturated heterocycles. The zero-order valence-electron chi connectivity index (χ0n) is 15.5. The van der Waals surface area contributed by atoms with Crippen LogP contribution in [0, 0.1) is 17.8 Å². The van der Waals surface area contributed by atoms with E-state index in [-0.39, 0.29) is 18.4 Å². The monoisotopic (exact) mass is 354 g/mol. The van der Waals surface area contributed by atoms with Crippen molar-refractivity contribution >= 4 is 5.91 Å². The highest BCUT2D eigenvalue weighted by atomic mass is 16.3. The van der Waals surface area contributed by atoms with Crippen molar-refractivity contribution < 1.29 is 9.90 Å². The first-order chi connectivity index (χ1) is 12.7. The minimum absolute atomic E-state index is 0.0313. The van der Waals surface area contributed by atoms with Crippen LogP contribution in [-0.2, 0) is 10.4 Å². The van der Waals surface area contributed by atoms with E-state index in [1.54, 1.807) is 0 Å². The molecule has 4 nitrogen and oxygen atoms in total. The van der Waals surface area contributed by atoms with Gasteiger partial charge in [0.15, 0.2) is 5.60 Å². The molecule has 2 fully saturated rings. The number of hydrogen-bond donors (Lipinski definition) is 2. The second-order valence-electron chi connectivity index (χ2n) is 7.49. The summed E-state index contributed by atoms with van der Waals surface area (Å²) in [5.74, 6) is 5.82. The molecule has 3 rings (SSSR count). The van der Waals surface area contributed by atoms with Crippen LogP contribution < -0.4 is 5.32 Å². The Morgan fingerprint density at radius 3 is 2.46 bits per heavy atom. The van der Waals surface area contributed by atoms with Gasteiger partial charge in [-0.3, -0.25) is 9.69 Å². The molecule has 1 aromatic rings. The fraction of sp³-hybridized carbons (Fsp3) is 0.591. The minimum atomic E-state index is -1.46. The first-order valence-electron chi connectivity index (χ1n) is 9.95. The molecule has 4 heteroatoms. The van der Waals surface area contributed by atoms with Crippen molar-refractivity contribution in [3.63, 3.8) is 0 Å². The van der Waals surface area contributed by atoms with Gasteiger partial charge in [0, 0.05) is 5.92 Å². The Morgan fingerprint density at radius 1 is 1.08 bits per heavy atom. The van der Waals surface area contributed by atoms with Crippen LogP contribution in [0.3, 0.4) is 0 Å². The molecular formula is C22H30N2O2. The third-order valence-corrected chi connectivity index (χ3v) is 5.72. The molecule has 0 bridgehead atoms. The minimum Gasteiger partial charge on any atom is -0.375 e. The lowest BCUT2D eigenvalue weighted by molar-refractivity contribution is -0.149. The Labute approximate surface area is 157 Å². The number of nitrogens with one attached hydrogen (secondary N) is 1. The molecule has 1 unspecified atom stereocenters. The van der Waals surface area contributed by atoms with Crippen LogP contribution in [0.15, 0.2) is 30.3 Å². The summed E-state index contributed by atoms with van der Waals surface area (Å²) in [5.41, 5.74) is -0.771. The molecule has 0 spiro atoms. The largest absolute Gasteiger partial charge is 0.375 e. The number of nitrogens with zero attached hydrogens (tertiary/aromatic N) is 1. The van der Waals surface area contributed by atoms with Gasteiger partial charge in [0.1, 0.15) is 0 Å². The zero-order valence-corrected chi connectivity index (χ0v) is 15.5. The SMILES string of the molecule is O=C(NCC#CCN1CCCC1)C(O)(c1ccccc1)C1CCCCC1. The first kappa shape index (κ1) is 18.9. The van der Waals surface area contributed by atoms with Crippen LogP contribution in [0.4, 0.5) is 0 Å². The average molecular weight is 354 g/mol. The maximum Gasteiger partial charge on any atom is 0.257 e. The molecule has 2 aliphatic rings. The van der Waals surface area contributed by atoms with Crippen molar-refractivity contribution in [2.45, 2.75) is 50.5 Å². The standard InChI is InChI=1S/C22H30N2O2/c25-21(23-15-7-8-16-24-17-9-10-18-24)22(26,19-11-3-1-4-12-19)20-13-5-2-6-14-20/h1,3-4,11-12,20,26H,2,5-6,9-10,13-18H2,(H,23,25). The van der Waals surface area contributed by atoms with Gasteiger partial charge in [-0.2, -0.15) is 0 Å². The van der Waals surface area contributed by atoms with Gasteiger partial charge in [-0.05, 0) is 44.3 Å². The van der Waals surface area contributed by atoms with Gasteiger partial charge in [0.25, 0.3) is 5.91 Å². The molecule has 140 valence electrons. The fourth-order valence-corrected chi connectivity index (χ4v) is 4.19. The second-order valence-corrected chi connectivity index (χ2v) is 7.49. The van der Waals surface area contributed by atoms with Gasteiger partial charge in [0.05, 0.1) is 13.1 Å². The van der Waals surface area contributed by atoms with Crippen molar-refractivity contribution in [1.29, 1.82) is 0 Å². The van der Waals surface area contributed by atoms with E-state index in [0.29, 0.717) is 5.56 Å². The van der Waals surface area contributed by atoms with Crippen LogP contribution in [0.2, 0.25) is 0 Å². The number of amides is 1. The highest BCUT2D eigenvalue weighted by Crippen LogP contribution is 2.39. The third kappa shape index (κ3) is 4.47. The van der Waals surface area contributed by atoms with Crippen LogP contribution in [0.5, 0.6) is 0 Å². The van der Waals surface area contributed by atoms with E-state index < -0.39 is 5.60 Å². The van der Waals surface area contributed by atoms with E-state index >= 15 is 0 Å². The predicted octanol–water partition coefficient (Wildman–Crippen LogP) is 2.67. The highest BCUT2D eigenvalue weighted by molar-refractivity contribution is 5.87. The van der Waals surface area contributed by atoms with Crippen LogP contribution >= 0.6 is 0 Å². The first-order valence-corrected chi connectivity index (χ1v) is 9.95. The number of benzene rings is 1. The summed E-state index contributed by atoms with van der Waals surface area (Å²) in [4.78, 5) is 15.3. The number of rotatable bonds is 5. The molecule has 1 heterocycles. The number of carbonyl (C=O) groups is 1. The molecule has 1 atom stereocenters.